The standard InChI is InChI=1S/C24H24N2O5/c1-3-29-20-10-8-17(14-22(20)30-4-2)23(27)25-18-9-7-16-11-12-26(19(16)15-18)24(28)21-6-5-13-31-21/h5-10,13-15H,3-4,11-12H2,1-2H3,(H,25,27). The van der Waals surface area contributed by atoms with Crippen LogP contribution < -0.4 is 19.7 Å². The average molecular weight is 420 g/mol. The second-order valence-electron chi connectivity index (χ2n) is 7.01. The Morgan fingerprint density at radius 3 is 2.58 bits per heavy atom. The summed E-state index contributed by atoms with van der Waals surface area (Å²) in [6.07, 6.45) is 2.24. The summed E-state index contributed by atoms with van der Waals surface area (Å²) in [5.41, 5.74) is 2.89. The molecule has 1 N–H and O–H groups in total. The maximum absolute atomic E-state index is 12.8. The highest BCUT2D eigenvalue weighted by Crippen LogP contribution is 2.33. The molecular formula is C24H24N2O5. The lowest BCUT2D eigenvalue weighted by molar-refractivity contribution is 0.0962. The van der Waals surface area contributed by atoms with Gasteiger partial charge in [0.25, 0.3) is 11.8 Å². The highest BCUT2D eigenvalue weighted by atomic mass is 16.5. The Labute approximate surface area is 180 Å². The summed E-state index contributed by atoms with van der Waals surface area (Å²) in [7, 11) is 0. The Hall–Kier alpha value is -3.74. The molecule has 2 amide bonds. The summed E-state index contributed by atoms with van der Waals surface area (Å²) >= 11 is 0. The van der Waals surface area contributed by atoms with Gasteiger partial charge in [0.2, 0.25) is 0 Å². The topological polar surface area (TPSA) is 81.0 Å². The molecule has 0 unspecified atom stereocenters. The lowest BCUT2D eigenvalue weighted by atomic mass is 10.1. The first-order valence-electron chi connectivity index (χ1n) is 10.3. The second kappa shape index (κ2) is 8.95. The van der Waals surface area contributed by atoms with Crippen LogP contribution in [0.3, 0.4) is 0 Å². The third-order valence-corrected chi connectivity index (χ3v) is 5.02. The average Bonchev–Trinajstić information content (AvgIpc) is 3.45. The molecule has 4 rings (SSSR count). The van der Waals surface area contributed by atoms with Gasteiger partial charge in [0.15, 0.2) is 17.3 Å². The van der Waals surface area contributed by atoms with E-state index in [0.29, 0.717) is 48.3 Å². The van der Waals surface area contributed by atoms with E-state index in [1.54, 1.807) is 35.2 Å². The van der Waals surface area contributed by atoms with E-state index in [-0.39, 0.29) is 11.8 Å². The first-order chi connectivity index (χ1) is 15.1. The van der Waals surface area contributed by atoms with Gasteiger partial charge < -0.3 is 24.1 Å². The SMILES string of the molecule is CCOc1ccc(C(=O)Nc2ccc3c(c2)N(C(=O)c2ccco2)CC3)cc1OCC. The number of nitrogens with one attached hydrogen (secondary N) is 1. The lowest BCUT2D eigenvalue weighted by Crippen LogP contribution is -2.28. The van der Waals surface area contributed by atoms with Crippen LogP contribution in [0.4, 0.5) is 11.4 Å². The van der Waals surface area contributed by atoms with E-state index in [0.717, 1.165) is 17.7 Å². The molecule has 160 valence electrons. The minimum atomic E-state index is -0.272. The predicted octanol–water partition coefficient (Wildman–Crippen LogP) is 4.53. The van der Waals surface area contributed by atoms with E-state index in [4.69, 9.17) is 13.9 Å². The minimum absolute atomic E-state index is 0.194. The quantitative estimate of drug-likeness (QED) is 0.607. The van der Waals surface area contributed by atoms with Crippen molar-refractivity contribution in [1.29, 1.82) is 0 Å². The molecule has 1 aliphatic rings. The van der Waals surface area contributed by atoms with Gasteiger partial charge in [0.05, 0.1) is 19.5 Å². The number of carbonyl (C=O) groups excluding carboxylic acids is 2. The number of benzene rings is 2. The number of hydrogen-bond acceptors (Lipinski definition) is 5. The van der Waals surface area contributed by atoms with Gasteiger partial charge in [-0.1, -0.05) is 6.07 Å². The summed E-state index contributed by atoms with van der Waals surface area (Å²) < 4.78 is 16.4. The number of anilines is 2. The zero-order chi connectivity index (χ0) is 21.8. The van der Waals surface area contributed by atoms with Crippen molar-refractivity contribution >= 4 is 23.2 Å². The molecule has 1 aromatic heterocycles. The molecule has 7 heteroatoms. The van der Waals surface area contributed by atoms with Crippen LogP contribution in [0.15, 0.2) is 59.2 Å². The van der Waals surface area contributed by atoms with E-state index < -0.39 is 0 Å². The van der Waals surface area contributed by atoms with Gasteiger partial charge >= 0.3 is 0 Å². The minimum Gasteiger partial charge on any atom is -0.490 e. The Morgan fingerprint density at radius 2 is 1.84 bits per heavy atom. The predicted molar refractivity (Wildman–Crippen MR) is 117 cm³/mol. The monoisotopic (exact) mass is 420 g/mol. The van der Waals surface area contributed by atoms with E-state index >= 15 is 0 Å². The van der Waals surface area contributed by atoms with Crippen molar-refractivity contribution < 1.29 is 23.5 Å². The zero-order valence-electron chi connectivity index (χ0n) is 17.5. The molecular weight excluding hydrogens is 396 g/mol. The van der Waals surface area contributed by atoms with Crippen molar-refractivity contribution in [3.8, 4) is 11.5 Å². The molecule has 2 aromatic carbocycles. The van der Waals surface area contributed by atoms with Crippen molar-refractivity contribution in [2.45, 2.75) is 20.3 Å². The van der Waals surface area contributed by atoms with Crippen molar-refractivity contribution in [2.75, 3.05) is 30.0 Å². The Balaban J connectivity index is 1.54. The van der Waals surface area contributed by atoms with Gasteiger partial charge in [0.1, 0.15) is 0 Å². The van der Waals surface area contributed by atoms with Gasteiger partial charge in [-0.15, -0.1) is 0 Å². The number of hydrogen-bond donors (Lipinski definition) is 1. The molecule has 0 fully saturated rings. The molecule has 1 aliphatic heterocycles. The third kappa shape index (κ3) is 4.26. The maximum Gasteiger partial charge on any atom is 0.293 e. The highest BCUT2D eigenvalue weighted by molar-refractivity contribution is 6.07. The fraction of sp³-hybridized carbons (Fsp3) is 0.250. The number of ether oxygens (including phenoxy) is 2. The number of furan rings is 1. The number of fused-ring (bicyclic) bond motifs is 1. The molecule has 7 nitrogen and oxygen atoms in total. The van der Waals surface area contributed by atoms with Gasteiger partial charge in [-0.3, -0.25) is 9.59 Å². The van der Waals surface area contributed by atoms with Crippen molar-refractivity contribution in [3.63, 3.8) is 0 Å². The molecule has 0 radical (unpaired) electrons. The first kappa shape index (κ1) is 20.5. The van der Waals surface area contributed by atoms with E-state index in [9.17, 15) is 9.59 Å². The molecule has 0 saturated heterocycles. The van der Waals surface area contributed by atoms with Crippen LogP contribution in [0.5, 0.6) is 11.5 Å². The maximum atomic E-state index is 12.8. The van der Waals surface area contributed by atoms with Gasteiger partial charge in [-0.25, -0.2) is 0 Å². The Morgan fingerprint density at radius 1 is 1.03 bits per heavy atom. The van der Waals surface area contributed by atoms with Crippen LogP contribution in [0.2, 0.25) is 0 Å². The Kier molecular flexibility index (Phi) is 5.93. The number of nitrogens with zero attached hydrogens (tertiary/aromatic N) is 1. The number of rotatable bonds is 7. The molecule has 0 atom stereocenters. The van der Waals surface area contributed by atoms with Crippen molar-refractivity contribution in [1.82, 2.24) is 0 Å². The van der Waals surface area contributed by atoms with Crippen molar-refractivity contribution in [2.24, 2.45) is 0 Å². The molecule has 2 heterocycles. The van der Waals surface area contributed by atoms with Gasteiger partial charge in [-0.05, 0) is 68.3 Å². The summed E-state index contributed by atoms with van der Waals surface area (Å²) in [5, 5.41) is 2.91. The molecule has 0 bridgehead atoms. The number of amides is 2. The summed E-state index contributed by atoms with van der Waals surface area (Å²) in [6.45, 7) is 5.32. The normalized spacial score (nSPS) is 12.4. The largest absolute Gasteiger partial charge is 0.490 e. The fourth-order valence-corrected chi connectivity index (χ4v) is 3.60. The van der Waals surface area contributed by atoms with Gasteiger partial charge in [-0.2, -0.15) is 0 Å². The molecule has 0 saturated carbocycles. The van der Waals surface area contributed by atoms with E-state index in [2.05, 4.69) is 5.32 Å². The molecule has 31 heavy (non-hydrogen) atoms. The lowest BCUT2D eigenvalue weighted by Gasteiger charge is -2.17. The third-order valence-electron chi connectivity index (χ3n) is 5.02. The van der Waals surface area contributed by atoms with E-state index in [1.165, 1.54) is 6.26 Å². The zero-order valence-corrected chi connectivity index (χ0v) is 17.5. The second-order valence-corrected chi connectivity index (χ2v) is 7.01. The summed E-state index contributed by atoms with van der Waals surface area (Å²) in [6, 6.07) is 14.0. The van der Waals surface area contributed by atoms with Crippen LogP contribution in [0.1, 0.15) is 40.3 Å². The van der Waals surface area contributed by atoms with Crippen LogP contribution in [-0.4, -0.2) is 31.6 Å². The van der Waals surface area contributed by atoms with Crippen molar-refractivity contribution in [3.05, 3.63) is 71.7 Å². The highest BCUT2D eigenvalue weighted by Gasteiger charge is 2.27. The molecule has 0 spiro atoms. The smallest absolute Gasteiger partial charge is 0.293 e. The number of carbonyl (C=O) groups is 2. The molecule has 3 aromatic rings. The summed E-state index contributed by atoms with van der Waals surface area (Å²) in [5.74, 6) is 0.956. The first-order valence-corrected chi connectivity index (χ1v) is 10.3. The van der Waals surface area contributed by atoms with Crippen LogP contribution in [0, 0.1) is 0 Å². The Bertz CT molecular complexity index is 1090. The fourth-order valence-electron chi connectivity index (χ4n) is 3.60. The van der Waals surface area contributed by atoms with Crippen LogP contribution in [0.25, 0.3) is 0 Å². The van der Waals surface area contributed by atoms with Gasteiger partial charge in [0, 0.05) is 23.5 Å². The summed E-state index contributed by atoms with van der Waals surface area (Å²) in [4.78, 5) is 27.2. The van der Waals surface area contributed by atoms with Crippen LogP contribution in [-0.2, 0) is 6.42 Å². The van der Waals surface area contributed by atoms with Crippen LogP contribution >= 0.6 is 0 Å². The molecule has 0 aliphatic carbocycles. The van der Waals surface area contributed by atoms with E-state index in [1.807, 2.05) is 32.0 Å².